The molecule has 0 aliphatic heterocycles. The fourth-order valence-electron chi connectivity index (χ4n) is 3.62. The Morgan fingerprint density at radius 2 is 1.69 bits per heavy atom. The second-order valence-corrected chi connectivity index (χ2v) is 7.23. The zero-order valence-electron chi connectivity index (χ0n) is 18.0. The molecule has 7 heteroatoms. The van der Waals surface area contributed by atoms with Crippen LogP contribution in [0.15, 0.2) is 16.9 Å². The molecule has 0 spiro atoms. The molecule has 1 amide bonds. The molecule has 0 saturated carbocycles. The van der Waals surface area contributed by atoms with Gasteiger partial charge < -0.3 is 9.88 Å². The summed E-state index contributed by atoms with van der Waals surface area (Å²) in [5.41, 5.74) is 3.92. The molecule has 1 aromatic heterocycles. The van der Waals surface area contributed by atoms with Crippen LogP contribution in [0.25, 0.3) is 0 Å². The summed E-state index contributed by atoms with van der Waals surface area (Å²) in [6.45, 7) is 9.36. The monoisotopic (exact) mass is 399 g/mol. The normalized spacial score (nSPS) is 10.8. The maximum Gasteiger partial charge on any atom is 0.270 e. The largest absolute Gasteiger partial charge is 0.351 e. The molecular weight excluding hydrogens is 370 g/mol. The molecule has 156 valence electrons. The number of nitrogens with one attached hydrogen (secondary N) is 1. The van der Waals surface area contributed by atoms with E-state index in [4.69, 9.17) is 0 Å². The van der Waals surface area contributed by atoms with Crippen molar-refractivity contribution in [1.82, 2.24) is 4.57 Å². The minimum absolute atomic E-state index is 0.00506. The molecule has 0 saturated heterocycles. The van der Waals surface area contributed by atoms with E-state index in [0.29, 0.717) is 47.3 Å². The maximum absolute atomic E-state index is 13.2. The lowest BCUT2D eigenvalue weighted by Gasteiger charge is -2.20. The molecular formula is C22H29N3O4. The van der Waals surface area contributed by atoms with Crippen LogP contribution < -0.4 is 10.7 Å². The van der Waals surface area contributed by atoms with Gasteiger partial charge in [-0.05, 0) is 44.2 Å². The number of nitro benzene ring substituents is 1. The number of carbonyl (C=O) groups is 1. The Morgan fingerprint density at radius 3 is 2.14 bits per heavy atom. The molecule has 0 atom stereocenters. The van der Waals surface area contributed by atoms with Crippen molar-refractivity contribution < 1.29 is 9.72 Å². The van der Waals surface area contributed by atoms with Crippen LogP contribution in [-0.4, -0.2) is 15.4 Å². The lowest BCUT2D eigenvalue weighted by Crippen LogP contribution is -2.30. The number of nitro groups is 1. The number of pyridine rings is 1. The van der Waals surface area contributed by atoms with E-state index >= 15 is 0 Å². The fraction of sp³-hybridized carbons (Fsp3) is 0.455. The van der Waals surface area contributed by atoms with E-state index in [1.54, 1.807) is 6.92 Å². The Balaban J connectivity index is 2.65. The van der Waals surface area contributed by atoms with Gasteiger partial charge >= 0.3 is 0 Å². The smallest absolute Gasteiger partial charge is 0.270 e. The van der Waals surface area contributed by atoms with E-state index in [0.717, 1.165) is 12.1 Å². The van der Waals surface area contributed by atoms with Crippen molar-refractivity contribution in [2.24, 2.45) is 7.05 Å². The molecule has 2 rings (SSSR count). The van der Waals surface area contributed by atoms with E-state index < -0.39 is 10.8 Å². The second kappa shape index (κ2) is 9.03. The Bertz CT molecular complexity index is 997. The average molecular weight is 399 g/mol. The van der Waals surface area contributed by atoms with E-state index in [9.17, 15) is 19.7 Å². The van der Waals surface area contributed by atoms with Crippen LogP contribution in [0.4, 0.5) is 11.4 Å². The number of rotatable bonds is 7. The molecule has 0 unspecified atom stereocenters. The van der Waals surface area contributed by atoms with Gasteiger partial charge in [0.2, 0.25) is 0 Å². The van der Waals surface area contributed by atoms with E-state index in [1.807, 2.05) is 39.3 Å². The third-order valence-corrected chi connectivity index (χ3v) is 5.52. The molecule has 0 bridgehead atoms. The van der Waals surface area contributed by atoms with Crippen LogP contribution in [0.3, 0.4) is 0 Å². The molecule has 0 aliphatic carbocycles. The zero-order valence-corrected chi connectivity index (χ0v) is 18.0. The number of hydrogen-bond donors (Lipinski definition) is 1. The molecule has 1 N–H and O–H groups in total. The first kappa shape index (κ1) is 22.3. The molecule has 1 heterocycles. The van der Waals surface area contributed by atoms with Crippen molar-refractivity contribution in [3.05, 3.63) is 66.1 Å². The molecule has 0 fully saturated rings. The lowest BCUT2D eigenvalue weighted by molar-refractivity contribution is -0.385. The number of aromatic nitrogens is 1. The summed E-state index contributed by atoms with van der Waals surface area (Å²) in [6.07, 6.45) is 2.46. The number of non-ortho nitro benzene ring substituents is 1. The lowest BCUT2D eigenvalue weighted by atomic mass is 9.99. The van der Waals surface area contributed by atoms with Crippen LogP contribution in [-0.2, 0) is 26.3 Å². The first-order valence-electron chi connectivity index (χ1n) is 9.98. The maximum atomic E-state index is 13.2. The third-order valence-electron chi connectivity index (χ3n) is 5.52. The summed E-state index contributed by atoms with van der Waals surface area (Å²) < 4.78 is 1.91. The van der Waals surface area contributed by atoms with Crippen LogP contribution in [0, 0.1) is 24.0 Å². The van der Waals surface area contributed by atoms with Gasteiger partial charge in [0.05, 0.1) is 4.92 Å². The number of anilines is 1. The molecule has 29 heavy (non-hydrogen) atoms. The van der Waals surface area contributed by atoms with E-state index in [1.165, 1.54) is 12.1 Å². The third kappa shape index (κ3) is 4.23. The molecule has 0 radical (unpaired) electrons. The van der Waals surface area contributed by atoms with Crippen molar-refractivity contribution in [3.8, 4) is 0 Å². The molecule has 7 nitrogen and oxygen atoms in total. The molecule has 2 aromatic rings. The highest BCUT2D eigenvalue weighted by Crippen LogP contribution is 2.29. The number of benzene rings is 1. The summed E-state index contributed by atoms with van der Waals surface area (Å²) in [7, 11) is 1.87. The van der Waals surface area contributed by atoms with Gasteiger partial charge in [-0.25, -0.2) is 0 Å². The van der Waals surface area contributed by atoms with Crippen molar-refractivity contribution in [2.45, 2.75) is 60.3 Å². The summed E-state index contributed by atoms with van der Waals surface area (Å²) >= 11 is 0. The molecule has 1 aromatic carbocycles. The van der Waals surface area contributed by atoms with Gasteiger partial charge in [-0.3, -0.25) is 19.7 Å². The van der Waals surface area contributed by atoms with Crippen molar-refractivity contribution in [2.75, 3.05) is 5.32 Å². The van der Waals surface area contributed by atoms with Crippen LogP contribution in [0.1, 0.15) is 65.6 Å². The minimum Gasteiger partial charge on any atom is -0.351 e. The van der Waals surface area contributed by atoms with Gasteiger partial charge in [0.15, 0.2) is 5.43 Å². The summed E-state index contributed by atoms with van der Waals surface area (Å²) in [5.74, 6) is -0.463. The number of carbonyl (C=O) groups excluding carboxylic acids is 1. The number of hydrogen-bond acceptors (Lipinski definition) is 4. The predicted molar refractivity (Wildman–Crippen MR) is 115 cm³/mol. The Hall–Kier alpha value is -2.96. The Labute approximate surface area is 170 Å². The zero-order chi connectivity index (χ0) is 21.9. The first-order chi connectivity index (χ1) is 13.7. The van der Waals surface area contributed by atoms with Gasteiger partial charge in [-0.2, -0.15) is 0 Å². The van der Waals surface area contributed by atoms with Gasteiger partial charge in [0, 0.05) is 41.8 Å². The van der Waals surface area contributed by atoms with Crippen LogP contribution in [0.2, 0.25) is 0 Å². The SMILES string of the molecule is CCCc1c(C(=O)Nc2c(CC)cc([N+](=O)[O-])cc2CC)c(=O)c(C)c(C)n1C. The van der Waals surface area contributed by atoms with Gasteiger partial charge in [-0.15, -0.1) is 0 Å². The average Bonchev–Trinajstić information content (AvgIpc) is 2.70. The fourth-order valence-corrected chi connectivity index (χ4v) is 3.62. The molecule has 0 aliphatic rings. The highest BCUT2D eigenvalue weighted by molar-refractivity contribution is 6.06. The summed E-state index contributed by atoms with van der Waals surface area (Å²) in [4.78, 5) is 37.0. The van der Waals surface area contributed by atoms with Gasteiger partial charge in [-0.1, -0.05) is 27.2 Å². The Morgan fingerprint density at radius 1 is 1.14 bits per heavy atom. The minimum atomic E-state index is -0.463. The van der Waals surface area contributed by atoms with Crippen LogP contribution >= 0.6 is 0 Å². The van der Waals surface area contributed by atoms with Gasteiger partial charge in [0.1, 0.15) is 5.56 Å². The highest BCUT2D eigenvalue weighted by atomic mass is 16.6. The van der Waals surface area contributed by atoms with E-state index in [-0.39, 0.29) is 16.7 Å². The standard InChI is InChI=1S/C22H29N3O4/c1-7-10-18-19(21(26)13(4)14(5)24(18)6)22(27)23-20-15(8-2)11-17(25(28)29)12-16(20)9-3/h11-12H,7-10H2,1-6H3,(H,23,27). The summed E-state index contributed by atoms with van der Waals surface area (Å²) in [5, 5.41) is 14.1. The van der Waals surface area contributed by atoms with E-state index in [2.05, 4.69) is 5.32 Å². The number of nitrogens with zero attached hydrogens (tertiary/aromatic N) is 2. The summed E-state index contributed by atoms with van der Waals surface area (Å²) in [6, 6.07) is 2.97. The number of amides is 1. The topological polar surface area (TPSA) is 94.2 Å². The van der Waals surface area contributed by atoms with Crippen molar-refractivity contribution >= 4 is 17.3 Å². The van der Waals surface area contributed by atoms with Gasteiger partial charge in [0.25, 0.3) is 11.6 Å². The quantitative estimate of drug-likeness (QED) is 0.556. The first-order valence-corrected chi connectivity index (χ1v) is 9.98. The highest BCUT2D eigenvalue weighted by Gasteiger charge is 2.23. The Kier molecular flexibility index (Phi) is 6.95. The number of aryl methyl sites for hydroxylation is 2. The van der Waals surface area contributed by atoms with Crippen molar-refractivity contribution in [3.63, 3.8) is 0 Å². The van der Waals surface area contributed by atoms with Crippen molar-refractivity contribution in [1.29, 1.82) is 0 Å². The predicted octanol–water partition coefficient (Wildman–Crippen LogP) is 4.24. The van der Waals surface area contributed by atoms with Crippen LogP contribution in [0.5, 0.6) is 0 Å². The second-order valence-electron chi connectivity index (χ2n) is 7.23.